The van der Waals surface area contributed by atoms with Crippen molar-refractivity contribution in [3.8, 4) is 6.07 Å². The van der Waals surface area contributed by atoms with Gasteiger partial charge in [-0.3, -0.25) is 4.79 Å². The zero-order valence-corrected chi connectivity index (χ0v) is 14.4. The highest BCUT2D eigenvalue weighted by molar-refractivity contribution is 5.97. The van der Waals surface area contributed by atoms with Crippen molar-refractivity contribution in [2.75, 3.05) is 0 Å². The molecule has 2 aromatic rings. The maximum Gasteiger partial charge on any atom is 0.167 e. The van der Waals surface area contributed by atoms with Gasteiger partial charge in [0.25, 0.3) is 0 Å². The van der Waals surface area contributed by atoms with E-state index in [1.807, 2.05) is 24.3 Å². The Morgan fingerprint density at radius 2 is 1.71 bits per heavy atom. The molecular formula is C22H25NO. The second kappa shape index (κ2) is 9.67. The lowest BCUT2D eigenvalue weighted by Crippen LogP contribution is -2.04. The van der Waals surface area contributed by atoms with E-state index in [9.17, 15) is 4.79 Å². The number of nitriles is 1. The molecule has 0 aliphatic rings. The van der Waals surface area contributed by atoms with Gasteiger partial charge in [0.1, 0.15) is 0 Å². The van der Waals surface area contributed by atoms with Crippen LogP contribution in [-0.4, -0.2) is 5.78 Å². The van der Waals surface area contributed by atoms with Gasteiger partial charge in [-0.15, -0.1) is 0 Å². The van der Waals surface area contributed by atoms with E-state index < -0.39 is 0 Å². The van der Waals surface area contributed by atoms with E-state index in [-0.39, 0.29) is 5.78 Å². The minimum absolute atomic E-state index is 0.0968. The number of nitrogens with zero attached hydrogens (tertiary/aromatic N) is 1. The number of hydrogen-bond acceptors (Lipinski definition) is 2. The first kappa shape index (κ1) is 17.9. The van der Waals surface area contributed by atoms with E-state index in [2.05, 4.69) is 25.1 Å². The lowest BCUT2D eigenvalue weighted by Gasteiger charge is -2.05. The van der Waals surface area contributed by atoms with Gasteiger partial charge in [-0.25, -0.2) is 0 Å². The molecule has 0 N–H and O–H groups in total. The van der Waals surface area contributed by atoms with Crippen LogP contribution >= 0.6 is 0 Å². The number of Topliss-reactive ketones (excluding diaryl/α,β-unsaturated/α-hetero) is 1. The summed E-state index contributed by atoms with van der Waals surface area (Å²) < 4.78 is 0. The Bertz CT molecular complexity index is 695. The molecule has 24 heavy (non-hydrogen) atoms. The summed E-state index contributed by atoms with van der Waals surface area (Å²) in [6.07, 6.45) is 7.83. The summed E-state index contributed by atoms with van der Waals surface area (Å²) in [6.45, 7) is 2.23. The van der Waals surface area contributed by atoms with Crippen LogP contribution in [0.2, 0.25) is 0 Å². The summed E-state index contributed by atoms with van der Waals surface area (Å²) in [7, 11) is 0. The van der Waals surface area contributed by atoms with Crippen molar-refractivity contribution in [2.45, 2.75) is 51.9 Å². The van der Waals surface area contributed by atoms with Crippen LogP contribution in [-0.2, 0) is 12.8 Å². The van der Waals surface area contributed by atoms with E-state index in [0.29, 0.717) is 12.0 Å². The molecule has 0 aliphatic heterocycles. The zero-order valence-electron chi connectivity index (χ0n) is 14.4. The van der Waals surface area contributed by atoms with Crippen molar-refractivity contribution >= 4 is 5.78 Å². The highest BCUT2D eigenvalue weighted by Crippen LogP contribution is 2.13. The van der Waals surface area contributed by atoms with Crippen molar-refractivity contribution < 1.29 is 4.79 Å². The predicted octanol–water partition coefficient (Wildman–Crippen LogP) is 5.50. The number of aryl methyl sites for hydroxylation is 1. The third-order valence-electron chi connectivity index (χ3n) is 4.27. The van der Waals surface area contributed by atoms with Gasteiger partial charge in [0.05, 0.1) is 11.6 Å². The third-order valence-corrected chi connectivity index (χ3v) is 4.27. The molecule has 2 heteroatoms. The normalized spacial score (nSPS) is 10.3. The van der Waals surface area contributed by atoms with Crippen molar-refractivity contribution in [3.05, 3.63) is 70.8 Å². The molecule has 2 rings (SSSR count). The maximum atomic E-state index is 12.4. The van der Waals surface area contributed by atoms with E-state index in [4.69, 9.17) is 5.26 Å². The Balaban J connectivity index is 1.87. The number of unbranched alkanes of at least 4 members (excludes halogenated alkanes) is 4. The number of rotatable bonds is 9. The molecule has 124 valence electrons. The first-order chi connectivity index (χ1) is 11.7. The smallest absolute Gasteiger partial charge is 0.167 e. The maximum absolute atomic E-state index is 12.4. The third kappa shape index (κ3) is 5.66. The van der Waals surface area contributed by atoms with E-state index >= 15 is 0 Å². The van der Waals surface area contributed by atoms with Gasteiger partial charge in [-0.1, -0.05) is 69.0 Å². The van der Waals surface area contributed by atoms with Crippen LogP contribution < -0.4 is 0 Å². The molecular weight excluding hydrogens is 294 g/mol. The molecule has 0 heterocycles. The summed E-state index contributed by atoms with van der Waals surface area (Å²) in [4.78, 5) is 12.4. The van der Waals surface area contributed by atoms with Crippen molar-refractivity contribution in [1.82, 2.24) is 0 Å². The van der Waals surface area contributed by atoms with Crippen LogP contribution in [0.15, 0.2) is 48.5 Å². The van der Waals surface area contributed by atoms with Gasteiger partial charge in [-0.05, 0) is 36.1 Å². The lowest BCUT2D eigenvalue weighted by molar-refractivity contribution is 0.0993. The topological polar surface area (TPSA) is 40.9 Å². The number of ketones is 1. The number of hydrogen-bond donors (Lipinski definition) is 0. The first-order valence-corrected chi connectivity index (χ1v) is 8.84. The Hall–Kier alpha value is -2.40. The summed E-state index contributed by atoms with van der Waals surface area (Å²) >= 11 is 0. The molecule has 0 fully saturated rings. The molecule has 2 aromatic carbocycles. The molecule has 0 unspecified atom stereocenters. The van der Waals surface area contributed by atoms with Crippen molar-refractivity contribution in [1.29, 1.82) is 5.26 Å². The monoisotopic (exact) mass is 319 g/mol. The number of carbonyl (C=O) groups is 1. The summed E-state index contributed by atoms with van der Waals surface area (Å²) in [5, 5.41) is 8.93. The van der Waals surface area contributed by atoms with Gasteiger partial charge < -0.3 is 0 Å². The molecule has 0 atom stereocenters. The average Bonchev–Trinajstić information content (AvgIpc) is 2.62. The summed E-state index contributed by atoms with van der Waals surface area (Å²) in [6, 6.07) is 17.4. The summed E-state index contributed by atoms with van der Waals surface area (Å²) in [5.74, 6) is 0.0968. The van der Waals surface area contributed by atoms with Crippen LogP contribution in [0.4, 0.5) is 0 Å². The second-order valence-corrected chi connectivity index (χ2v) is 6.27. The molecule has 0 amide bonds. The predicted molar refractivity (Wildman–Crippen MR) is 98.1 cm³/mol. The Labute approximate surface area is 145 Å². The average molecular weight is 319 g/mol. The second-order valence-electron chi connectivity index (χ2n) is 6.27. The fourth-order valence-electron chi connectivity index (χ4n) is 2.83. The van der Waals surface area contributed by atoms with Crippen molar-refractivity contribution in [3.63, 3.8) is 0 Å². The molecule has 0 radical (unpaired) electrons. The zero-order chi connectivity index (χ0) is 17.2. The fraction of sp³-hybridized carbons (Fsp3) is 0.364. The Morgan fingerprint density at radius 3 is 2.42 bits per heavy atom. The largest absolute Gasteiger partial charge is 0.294 e. The van der Waals surface area contributed by atoms with Gasteiger partial charge in [0, 0.05) is 12.0 Å². The fourth-order valence-corrected chi connectivity index (χ4v) is 2.83. The highest BCUT2D eigenvalue weighted by Gasteiger charge is 2.07. The van der Waals surface area contributed by atoms with Crippen LogP contribution in [0.3, 0.4) is 0 Å². The molecule has 0 aromatic heterocycles. The number of carbonyl (C=O) groups excluding carboxylic acids is 1. The minimum Gasteiger partial charge on any atom is -0.294 e. The van der Waals surface area contributed by atoms with Gasteiger partial charge in [0.15, 0.2) is 5.78 Å². The van der Waals surface area contributed by atoms with Crippen LogP contribution in [0.1, 0.15) is 66.1 Å². The molecule has 2 nitrogen and oxygen atoms in total. The Kier molecular flexibility index (Phi) is 7.23. The van der Waals surface area contributed by atoms with Crippen LogP contribution in [0, 0.1) is 11.3 Å². The SMILES string of the molecule is CCCCCCCc1ccc(C(=O)Cc2cccc(C#N)c2)cc1. The molecule has 0 spiro atoms. The number of benzene rings is 2. The molecule has 0 saturated heterocycles. The van der Waals surface area contributed by atoms with Gasteiger partial charge in [-0.2, -0.15) is 5.26 Å². The van der Waals surface area contributed by atoms with E-state index in [0.717, 1.165) is 17.5 Å². The van der Waals surface area contributed by atoms with Gasteiger partial charge in [0.2, 0.25) is 0 Å². The quantitative estimate of drug-likeness (QED) is 0.452. The van der Waals surface area contributed by atoms with E-state index in [1.165, 1.54) is 37.7 Å². The summed E-state index contributed by atoms with van der Waals surface area (Å²) in [5.41, 5.74) is 3.53. The molecule has 0 aliphatic carbocycles. The molecule has 0 bridgehead atoms. The van der Waals surface area contributed by atoms with Crippen LogP contribution in [0.5, 0.6) is 0 Å². The lowest BCUT2D eigenvalue weighted by atomic mass is 9.99. The van der Waals surface area contributed by atoms with Crippen LogP contribution in [0.25, 0.3) is 0 Å². The van der Waals surface area contributed by atoms with Gasteiger partial charge >= 0.3 is 0 Å². The highest BCUT2D eigenvalue weighted by atomic mass is 16.1. The molecule has 0 saturated carbocycles. The Morgan fingerprint density at radius 1 is 0.958 bits per heavy atom. The standard InChI is InChI=1S/C22H25NO/c1-2-3-4-5-6-8-18-11-13-21(14-12-18)22(24)16-19-9-7-10-20(15-19)17-23/h7,9-15H,2-6,8,16H2,1H3. The van der Waals surface area contributed by atoms with E-state index in [1.54, 1.807) is 12.1 Å². The first-order valence-electron chi connectivity index (χ1n) is 8.84. The van der Waals surface area contributed by atoms with Crippen molar-refractivity contribution in [2.24, 2.45) is 0 Å². The minimum atomic E-state index is 0.0968.